The lowest BCUT2D eigenvalue weighted by atomic mass is 10.0. The fraction of sp³-hybridized carbons (Fsp3) is 1.00. The summed E-state index contributed by atoms with van der Waals surface area (Å²) in [5.74, 6) is 0. The van der Waals surface area contributed by atoms with Gasteiger partial charge in [-0.25, -0.2) is 8.42 Å². The largest absolute Gasteiger partial charge is 0.383 e. The van der Waals surface area contributed by atoms with Crippen molar-refractivity contribution in [1.82, 2.24) is 4.31 Å². The molecule has 0 aromatic heterocycles. The molecule has 1 fully saturated rings. The quantitative estimate of drug-likeness (QED) is 0.717. The van der Waals surface area contributed by atoms with Crippen LogP contribution in [-0.2, 0) is 14.8 Å². The highest BCUT2D eigenvalue weighted by Gasteiger charge is 2.32. The molecule has 2 N–H and O–H groups in total. The summed E-state index contributed by atoms with van der Waals surface area (Å²) in [6.07, 6.45) is 5.52. The lowest BCUT2D eigenvalue weighted by Crippen LogP contribution is -2.42. The second-order valence-electron chi connectivity index (χ2n) is 4.84. The summed E-state index contributed by atoms with van der Waals surface area (Å²) in [4.78, 5) is 0. The van der Waals surface area contributed by atoms with Gasteiger partial charge in [0.25, 0.3) is 0 Å². The summed E-state index contributed by atoms with van der Waals surface area (Å²) in [6, 6.07) is 0. The van der Waals surface area contributed by atoms with Crippen molar-refractivity contribution >= 4 is 10.0 Å². The molecule has 5 nitrogen and oxygen atoms in total. The lowest BCUT2D eigenvalue weighted by Gasteiger charge is -2.29. The number of methoxy groups -OCH3 is 1. The zero-order chi connectivity index (χ0) is 13.4. The molecule has 1 aliphatic rings. The molecule has 1 saturated carbocycles. The van der Waals surface area contributed by atoms with E-state index in [4.69, 9.17) is 10.5 Å². The van der Waals surface area contributed by atoms with Crippen molar-refractivity contribution in [2.75, 3.05) is 33.4 Å². The molecular weight excluding hydrogens is 252 g/mol. The Hall–Kier alpha value is -0.170. The van der Waals surface area contributed by atoms with Crippen LogP contribution in [0.4, 0.5) is 0 Å². The molecule has 0 heterocycles. The van der Waals surface area contributed by atoms with Gasteiger partial charge in [0, 0.05) is 20.2 Å². The molecule has 1 rings (SSSR count). The van der Waals surface area contributed by atoms with Gasteiger partial charge >= 0.3 is 0 Å². The van der Waals surface area contributed by atoms with E-state index in [0.29, 0.717) is 32.7 Å². The summed E-state index contributed by atoms with van der Waals surface area (Å²) in [5, 5.41) is -0.194. The molecule has 6 heteroatoms. The molecule has 108 valence electrons. The molecule has 0 atom stereocenters. The Morgan fingerprint density at radius 2 is 1.89 bits per heavy atom. The van der Waals surface area contributed by atoms with Crippen LogP contribution in [0.5, 0.6) is 0 Å². The van der Waals surface area contributed by atoms with Gasteiger partial charge in [-0.3, -0.25) is 0 Å². The number of hydrogen-bond acceptors (Lipinski definition) is 4. The van der Waals surface area contributed by atoms with Gasteiger partial charge < -0.3 is 10.5 Å². The van der Waals surface area contributed by atoms with E-state index >= 15 is 0 Å². The summed E-state index contributed by atoms with van der Waals surface area (Å²) >= 11 is 0. The number of ether oxygens (including phenoxy) is 1. The third-order valence-corrected chi connectivity index (χ3v) is 5.89. The van der Waals surface area contributed by atoms with Crippen LogP contribution < -0.4 is 5.73 Å². The highest BCUT2D eigenvalue weighted by Crippen LogP contribution is 2.26. The molecule has 18 heavy (non-hydrogen) atoms. The predicted molar refractivity (Wildman–Crippen MR) is 72.9 cm³/mol. The van der Waals surface area contributed by atoms with Gasteiger partial charge in [-0.15, -0.1) is 0 Å². The van der Waals surface area contributed by atoms with Crippen molar-refractivity contribution in [3.05, 3.63) is 0 Å². The maximum atomic E-state index is 12.5. The number of rotatable bonds is 8. The fourth-order valence-corrected chi connectivity index (χ4v) is 4.46. The molecule has 0 unspecified atom stereocenters. The van der Waals surface area contributed by atoms with Crippen molar-refractivity contribution in [2.24, 2.45) is 5.73 Å². The molecule has 0 aromatic rings. The van der Waals surface area contributed by atoms with Crippen LogP contribution in [0.2, 0.25) is 0 Å². The minimum atomic E-state index is -3.17. The first kappa shape index (κ1) is 15.9. The topological polar surface area (TPSA) is 72.6 Å². The molecule has 0 saturated heterocycles. The zero-order valence-corrected chi connectivity index (χ0v) is 12.1. The van der Waals surface area contributed by atoms with Crippen LogP contribution >= 0.6 is 0 Å². The van der Waals surface area contributed by atoms with E-state index < -0.39 is 10.0 Å². The van der Waals surface area contributed by atoms with Gasteiger partial charge in [0.1, 0.15) is 0 Å². The fourth-order valence-electron chi connectivity index (χ4n) is 2.40. The van der Waals surface area contributed by atoms with Crippen LogP contribution in [0.25, 0.3) is 0 Å². The Labute approximate surface area is 111 Å². The van der Waals surface area contributed by atoms with Crippen molar-refractivity contribution < 1.29 is 13.2 Å². The van der Waals surface area contributed by atoms with E-state index in [-0.39, 0.29) is 5.25 Å². The zero-order valence-electron chi connectivity index (χ0n) is 11.3. The van der Waals surface area contributed by atoms with E-state index in [1.807, 2.05) is 0 Å². The third kappa shape index (κ3) is 4.50. The van der Waals surface area contributed by atoms with E-state index in [1.54, 1.807) is 11.4 Å². The van der Waals surface area contributed by atoms with Gasteiger partial charge in [-0.2, -0.15) is 4.31 Å². The number of nitrogens with two attached hydrogens (primary N) is 1. The summed E-state index contributed by atoms with van der Waals surface area (Å²) < 4.78 is 31.6. The first-order valence-corrected chi connectivity index (χ1v) is 8.31. The highest BCUT2D eigenvalue weighted by molar-refractivity contribution is 7.89. The van der Waals surface area contributed by atoms with E-state index in [2.05, 4.69) is 0 Å². The lowest BCUT2D eigenvalue weighted by molar-refractivity contribution is 0.178. The second-order valence-corrected chi connectivity index (χ2v) is 7.05. The molecular formula is C12H26N2O3S. The summed E-state index contributed by atoms with van der Waals surface area (Å²) in [5.41, 5.74) is 5.47. The maximum absolute atomic E-state index is 12.5. The average molecular weight is 278 g/mol. The molecule has 0 aromatic carbocycles. The highest BCUT2D eigenvalue weighted by atomic mass is 32.2. The molecule has 0 radical (unpaired) electrons. The van der Waals surface area contributed by atoms with Crippen LogP contribution in [-0.4, -0.2) is 51.3 Å². The van der Waals surface area contributed by atoms with Crippen molar-refractivity contribution in [3.8, 4) is 0 Å². The van der Waals surface area contributed by atoms with E-state index in [9.17, 15) is 8.42 Å². The van der Waals surface area contributed by atoms with Gasteiger partial charge in [0.05, 0.1) is 11.9 Å². The Kier molecular flexibility index (Phi) is 7.14. The first-order chi connectivity index (χ1) is 8.62. The van der Waals surface area contributed by atoms with Gasteiger partial charge in [-0.05, 0) is 25.8 Å². The smallest absolute Gasteiger partial charge is 0.217 e. The van der Waals surface area contributed by atoms with E-state index in [0.717, 1.165) is 32.1 Å². The van der Waals surface area contributed by atoms with Crippen molar-refractivity contribution in [3.63, 3.8) is 0 Å². The Morgan fingerprint density at radius 3 is 2.44 bits per heavy atom. The van der Waals surface area contributed by atoms with Crippen molar-refractivity contribution in [1.29, 1.82) is 0 Å². The second kappa shape index (κ2) is 8.09. The number of sulfonamides is 1. The molecule has 0 bridgehead atoms. The maximum Gasteiger partial charge on any atom is 0.217 e. The average Bonchev–Trinajstić information content (AvgIpc) is 2.39. The Morgan fingerprint density at radius 1 is 1.22 bits per heavy atom. The van der Waals surface area contributed by atoms with Gasteiger partial charge in [-0.1, -0.05) is 19.3 Å². The number of nitrogens with zero attached hydrogens (tertiary/aromatic N) is 1. The van der Waals surface area contributed by atoms with Crippen LogP contribution in [0.15, 0.2) is 0 Å². The number of hydrogen-bond donors (Lipinski definition) is 1. The van der Waals surface area contributed by atoms with Crippen molar-refractivity contribution in [2.45, 2.75) is 43.8 Å². The molecule has 0 spiro atoms. The Balaban J connectivity index is 2.66. The van der Waals surface area contributed by atoms with Crippen LogP contribution in [0.1, 0.15) is 38.5 Å². The molecule has 0 amide bonds. The standard InChI is InChI=1S/C12H26N2O3S/c1-17-11-10-14(9-5-8-13)18(15,16)12-6-3-2-4-7-12/h12H,2-11,13H2,1H3. The SMILES string of the molecule is COCCN(CCCN)S(=O)(=O)C1CCCCC1. The monoisotopic (exact) mass is 278 g/mol. The van der Waals surface area contributed by atoms with Gasteiger partial charge in [0.2, 0.25) is 10.0 Å². The minimum absolute atomic E-state index is 0.194. The van der Waals surface area contributed by atoms with Crippen LogP contribution in [0, 0.1) is 0 Å². The van der Waals surface area contributed by atoms with Gasteiger partial charge in [0.15, 0.2) is 0 Å². The summed E-state index contributed by atoms with van der Waals surface area (Å²) in [7, 11) is -1.58. The van der Waals surface area contributed by atoms with Crippen LogP contribution in [0.3, 0.4) is 0 Å². The molecule has 1 aliphatic carbocycles. The third-order valence-electron chi connectivity index (χ3n) is 3.49. The minimum Gasteiger partial charge on any atom is -0.383 e. The van der Waals surface area contributed by atoms with E-state index in [1.165, 1.54) is 0 Å². The Bertz CT molecular complexity index is 305. The normalized spacial score (nSPS) is 18.4. The predicted octanol–water partition coefficient (Wildman–Crippen LogP) is 0.946. The first-order valence-electron chi connectivity index (χ1n) is 6.81. The summed E-state index contributed by atoms with van der Waals surface area (Å²) in [6.45, 7) is 1.91. The molecule has 0 aliphatic heterocycles.